The number of fused-ring (bicyclic) bond motifs is 1. The van der Waals surface area contributed by atoms with Crippen molar-refractivity contribution in [3.05, 3.63) is 71.4 Å². The Labute approximate surface area is 112 Å². The van der Waals surface area contributed by atoms with E-state index in [0.717, 1.165) is 12.1 Å². The Bertz CT molecular complexity index is 775. The van der Waals surface area contributed by atoms with E-state index in [0.29, 0.717) is 5.56 Å². The first-order valence-electron chi connectivity index (χ1n) is 6.31. The van der Waals surface area contributed by atoms with Gasteiger partial charge in [0.15, 0.2) is 0 Å². The van der Waals surface area contributed by atoms with Crippen molar-refractivity contribution < 1.29 is 0 Å². The molecular formula is C17H14N2. The molecule has 0 bridgehead atoms. The zero-order valence-electron chi connectivity index (χ0n) is 10.8. The van der Waals surface area contributed by atoms with Gasteiger partial charge in [0.05, 0.1) is 11.6 Å². The second-order valence-corrected chi connectivity index (χ2v) is 4.76. The third kappa shape index (κ3) is 2.11. The van der Waals surface area contributed by atoms with Crippen molar-refractivity contribution in [1.82, 2.24) is 4.57 Å². The molecule has 0 amide bonds. The fourth-order valence-corrected chi connectivity index (χ4v) is 2.36. The predicted molar refractivity (Wildman–Crippen MR) is 76.9 cm³/mol. The van der Waals surface area contributed by atoms with Crippen LogP contribution in [0.15, 0.2) is 54.7 Å². The van der Waals surface area contributed by atoms with Crippen molar-refractivity contribution in [3.63, 3.8) is 0 Å². The molecule has 92 valence electrons. The number of nitriles is 1. The van der Waals surface area contributed by atoms with E-state index in [9.17, 15) is 0 Å². The van der Waals surface area contributed by atoms with E-state index in [-0.39, 0.29) is 0 Å². The summed E-state index contributed by atoms with van der Waals surface area (Å²) in [4.78, 5) is 0. The number of nitrogens with zero attached hydrogens (tertiary/aromatic N) is 2. The zero-order valence-corrected chi connectivity index (χ0v) is 10.8. The lowest BCUT2D eigenvalue weighted by atomic mass is 10.1. The molecule has 0 saturated carbocycles. The van der Waals surface area contributed by atoms with Crippen LogP contribution in [0.5, 0.6) is 0 Å². The smallest absolute Gasteiger partial charge is 0.0992 e. The molecule has 0 radical (unpaired) electrons. The van der Waals surface area contributed by atoms with Crippen molar-refractivity contribution in [1.29, 1.82) is 5.26 Å². The number of rotatable bonds is 2. The summed E-state index contributed by atoms with van der Waals surface area (Å²) in [6.45, 7) is 2.97. The Morgan fingerprint density at radius 1 is 1.11 bits per heavy atom. The van der Waals surface area contributed by atoms with Crippen LogP contribution in [0.4, 0.5) is 0 Å². The average Bonchev–Trinajstić information content (AvgIpc) is 2.84. The SMILES string of the molecule is Cc1ccccc1Cn1ccc2ccc(C#N)cc21. The van der Waals surface area contributed by atoms with Gasteiger partial charge in [-0.15, -0.1) is 0 Å². The van der Waals surface area contributed by atoms with Crippen molar-refractivity contribution >= 4 is 10.9 Å². The second kappa shape index (κ2) is 4.62. The highest BCUT2D eigenvalue weighted by Crippen LogP contribution is 2.19. The first-order valence-corrected chi connectivity index (χ1v) is 6.31. The van der Waals surface area contributed by atoms with Gasteiger partial charge in [-0.3, -0.25) is 0 Å². The third-order valence-corrected chi connectivity index (χ3v) is 3.50. The summed E-state index contributed by atoms with van der Waals surface area (Å²) < 4.78 is 2.19. The van der Waals surface area contributed by atoms with E-state index in [1.54, 1.807) is 0 Å². The molecular weight excluding hydrogens is 232 g/mol. The predicted octanol–water partition coefficient (Wildman–Crippen LogP) is 3.87. The molecule has 3 aromatic rings. The summed E-state index contributed by atoms with van der Waals surface area (Å²) in [5, 5.41) is 10.2. The van der Waals surface area contributed by atoms with E-state index in [4.69, 9.17) is 5.26 Å². The van der Waals surface area contributed by atoms with Gasteiger partial charge in [-0.25, -0.2) is 0 Å². The highest BCUT2D eigenvalue weighted by atomic mass is 14.9. The number of hydrogen-bond donors (Lipinski definition) is 0. The monoisotopic (exact) mass is 246 g/mol. The van der Waals surface area contributed by atoms with Crippen molar-refractivity contribution in [2.24, 2.45) is 0 Å². The molecule has 19 heavy (non-hydrogen) atoms. The lowest BCUT2D eigenvalue weighted by Gasteiger charge is -2.08. The van der Waals surface area contributed by atoms with Crippen LogP contribution in [0.2, 0.25) is 0 Å². The molecule has 2 aromatic carbocycles. The maximum Gasteiger partial charge on any atom is 0.0992 e. The van der Waals surface area contributed by atoms with Crippen LogP contribution >= 0.6 is 0 Å². The summed E-state index contributed by atoms with van der Waals surface area (Å²) >= 11 is 0. The topological polar surface area (TPSA) is 28.7 Å². The molecule has 1 aromatic heterocycles. The Morgan fingerprint density at radius 2 is 1.95 bits per heavy atom. The quantitative estimate of drug-likeness (QED) is 0.674. The molecule has 3 rings (SSSR count). The molecule has 0 N–H and O–H groups in total. The summed E-state index contributed by atoms with van der Waals surface area (Å²) in [5.41, 5.74) is 4.42. The van der Waals surface area contributed by atoms with Crippen LogP contribution in [0.25, 0.3) is 10.9 Å². The number of hydrogen-bond acceptors (Lipinski definition) is 1. The van der Waals surface area contributed by atoms with E-state index >= 15 is 0 Å². The fourth-order valence-electron chi connectivity index (χ4n) is 2.36. The standard InChI is InChI=1S/C17H14N2/c1-13-4-2-3-5-16(13)12-19-9-8-15-7-6-14(11-18)10-17(15)19/h2-10H,12H2,1H3. The summed E-state index contributed by atoms with van der Waals surface area (Å²) in [7, 11) is 0. The van der Waals surface area contributed by atoms with Gasteiger partial charge >= 0.3 is 0 Å². The maximum absolute atomic E-state index is 9.00. The Kier molecular flexibility index (Phi) is 2.81. The molecule has 2 heteroatoms. The first kappa shape index (κ1) is 11.6. The molecule has 0 aliphatic rings. The van der Waals surface area contributed by atoms with Gasteiger partial charge in [0.1, 0.15) is 0 Å². The van der Waals surface area contributed by atoms with Crippen LogP contribution < -0.4 is 0 Å². The number of aryl methyl sites for hydroxylation is 1. The molecule has 0 unspecified atom stereocenters. The van der Waals surface area contributed by atoms with E-state index < -0.39 is 0 Å². The van der Waals surface area contributed by atoms with E-state index in [2.05, 4.69) is 54.1 Å². The van der Waals surface area contributed by atoms with Crippen LogP contribution in [0, 0.1) is 18.3 Å². The molecule has 1 heterocycles. The average molecular weight is 246 g/mol. The van der Waals surface area contributed by atoms with Gasteiger partial charge in [0.25, 0.3) is 0 Å². The van der Waals surface area contributed by atoms with Crippen molar-refractivity contribution in [3.8, 4) is 6.07 Å². The number of benzene rings is 2. The molecule has 0 aliphatic carbocycles. The van der Waals surface area contributed by atoms with Gasteiger partial charge in [-0.05, 0) is 41.6 Å². The molecule has 0 spiro atoms. The minimum atomic E-state index is 0.706. The molecule has 0 aliphatic heterocycles. The Morgan fingerprint density at radius 3 is 2.74 bits per heavy atom. The maximum atomic E-state index is 9.00. The molecule has 0 fully saturated rings. The third-order valence-electron chi connectivity index (χ3n) is 3.50. The molecule has 2 nitrogen and oxygen atoms in total. The van der Waals surface area contributed by atoms with Crippen LogP contribution in [0.1, 0.15) is 16.7 Å². The van der Waals surface area contributed by atoms with Gasteiger partial charge in [-0.1, -0.05) is 30.3 Å². The normalized spacial score (nSPS) is 10.5. The number of aromatic nitrogens is 1. The van der Waals surface area contributed by atoms with Crippen LogP contribution in [-0.4, -0.2) is 4.57 Å². The highest BCUT2D eigenvalue weighted by Gasteiger charge is 2.04. The van der Waals surface area contributed by atoms with Crippen molar-refractivity contribution in [2.75, 3.05) is 0 Å². The molecule has 0 atom stereocenters. The Balaban J connectivity index is 2.06. The minimum absolute atomic E-state index is 0.706. The largest absolute Gasteiger partial charge is 0.343 e. The zero-order chi connectivity index (χ0) is 13.2. The van der Waals surface area contributed by atoms with Gasteiger partial charge in [0, 0.05) is 18.3 Å². The highest BCUT2D eigenvalue weighted by molar-refractivity contribution is 5.81. The fraction of sp³-hybridized carbons (Fsp3) is 0.118. The lowest BCUT2D eigenvalue weighted by Crippen LogP contribution is -1.99. The summed E-state index contributed by atoms with van der Waals surface area (Å²) in [6.07, 6.45) is 2.08. The second-order valence-electron chi connectivity index (χ2n) is 4.76. The molecule has 0 saturated heterocycles. The van der Waals surface area contributed by atoms with Gasteiger partial charge < -0.3 is 4.57 Å². The summed E-state index contributed by atoms with van der Waals surface area (Å²) in [6, 6.07) is 18.5. The van der Waals surface area contributed by atoms with Crippen LogP contribution in [-0.2, 0) is 6.54 Å². The minimum Gasteiger partial charge on any atom is -0.343 e. The van der Waals surface area contributed by atoms with E-state index in [1.165, 1.54) is 16.5 Å². The van der Waals surface area contributed by atoms with Gasteiger partial charge in [0.2, 0.25) is 0 Å². The van der Waals surface area contributed by atoms with Gasteiger partial charge in [-0.2, -0.15) is 5.26 Å². The lowest BCUT2D eigenvalue weighted by molar-refractivity contribution is 0.830. The van der Waals surface area contributed by atoms with Crippen LogP contribution in [0.3, 0.4) is 0 Å². The van der Waals surface area contributed by atoms with Crippen molar-refractivity contribution in [2.45, 2.75) is 13.5 Å². The Hall–Kier alpha value is -2.53. The van der Waals surface area contributed by atoms with E-state index in [1.807, 2.05) is 18.2 Å². The summed E-state index contributed by atoms with van der Waals surface area (Å²) in [5.74, 6) is 0. The first-order chi connectivity index (χ1) is 9.28.